The average Bonchev–Trinajstić information content (AvgIpc) is 2.58. The van der Waals surface area contributed by atoms with Crippen LogP contribution < -0.4 is 0 Å². The first-order chi connectivity index (χ1) is 13.7. The highest BCUT2D eigenvalue weighted by molar-refractivity contribution is 6.77. The summed E-state index contributed by atoms with van der Waals surface area (Å²) >= 11 is 0. The number of β-lactam (4-membered cyclic amide) rings is 1. The molecule has 0 saturated carbocycles. The van der Waals surface area contributed by atoms with E-state index in [-0.39, 0.29) is 22.2 Å². The van der Waals surface area contributed by atoms with Crippen LogP contribution in [0.5, 0.6) is 0 Å². The predicted molar refractivity (Wildman–Crippen MR) is 118 cm³/mol. The quantitative estimate of drug-likeness (QED) is 0.392. The van der Waals surface area contributed by atoms with Crippen molar-refractivity contribution in [3.63, 3.8) is 0 Å². The minimum Gasteiger partial charge on any atom is -0.443 e. The maximum atomic E-state index is 14.7. The summed E-state index contributed by atoms with van der Waals surface area (Å²) in [6, 6.07) is 5.38. The van der Waals surface area contributed by atoms with Gasteiger partial charge in [-0.25, -0.2) is 14.1 Å². The Labute approximate surface area is 181 Å². The number of imide groups is 1. The van der Waals surface area contributed by atoms with E-state index in [9.17, 15) is 14.0 Å². The summed E-state index contributed by atoms with van der Waals surface area (Å²) in [5, 5.41) is 0. The van der Waals surface area contributed by atoms with E-state index in [1.54, 1.807) is 39.0 Å². The monoisotopic (exact) mass is 437 g/mol. The van der Waals surface area contributed by atoms with Crippen LogP contribution in [0.3, 0.4) is 0 Å². The molecule has 2 rings (SSSR count). The van der Waals surface area contributed by atoms with Crippen molar-refractivity contribution in [1.29, 1.82) is 0 Å². The molecule has 1 saturated heterocycles. The summed E-state index contributed by atoms with van der Waals surface area (Å²) in [4.78, 5) is 26.9. The number of nitrogens with zero attached hydrogens (tertiary/aromatic N) is 1. The lowest BCUT2D eigenvalue weighted by molar-refractivity contribution is -0.162. The van der Waals surface area contributed by atoms with Crippen LogP contribution in [0.4, 0.5) is 9.18 Å². The summed E-state index contributed by atoms with van der Waals surface area (Å²) in [6.07, 6.45) is -1.67. The van der Waals surface area contributed by atoms with Crippen LogP contribution in [0.15, 0.2) is 24.3 Å². The van der Waals surface area contributed by atoms with Crippen LogP contribution >= 0.6 is 0 Å². The first-order valence-corrected chi connectivity index (χ1v) is 12.9. The summed E-state index contributed by atoms with van der Waals surface area (Å²) in [5.41, 5.74) is 0.258. The maximum absolute atomic E-state index is 14.7. The van der Waals surface area contributed by atoms with Crippen LogP contribution in [0.25, 0.3) is 0 Å². The van der Waals surface area contributed by atoms with E-state index in [2.05, 4.69) is 41.5 Å². The molecular weight excluding hydrogens is 401 g/mol. The molecule has 168 valence electrons. The van der Waals surface area contributed by atoms with Crippen molar-refractivity contribution in [2.45, 2.75) is 96.7 Å². The molecule has 5 nitrogen and oxygen atoms in total. The summed E-state index contributed by atoms with van der Waals surface area (Å²) in [7, 11) is -2.43. The molecule has 1 fully saturated rings. The molecule has 2 atom stereocenters. The standard InChI is InChI=1S/C23H36FNO4Si/c1-14(2)30(15(3)4,16(5)6)29-20-19(17-12-10-11-13-18(17)24)25(21(20)26)22(27)28-23(7,8)9/h10-16,19-20H,1-9H3. The highest BCUT2D eigenvalue weighted by atomic mass is 28.4. The Morgan fingerprint density at radius 1 is 1.03 bits per heavy atom. The van der Waals surface area contributed by atoms with Gasteiger partial charge < -0.3 is 9.16 Å². The first kappa shape index (κ1) is 24.5. The largest absolute Gasteiger partial charge is 0.443 e. The molecular formula is C23H36FNO4Si. The molecule has 1 aromatic rings. The molecule has 0 aliphatic carbocycles. The highest BCUT2D eigenvalue weighted by Crippen LogP contribution is 2.48. The van der Waals surface area contributed by atoms with Gasteiger partial charge in [0.05, 0.1) is 0 Å². The fourth-order valence-electron chi connectivity index (χ4n) is 4.74. The van der Waals surface area contributed by atoms with Gasteiger partial charge in [-0.1, -0.05) is 59.7 Å². The Morgan fingerprint density at radius 2 is 1.53 bits per heavy atom. The second-order valence-electron chi connectivity index (χ2n) is 10.0. The SMILES string of the molecule is CC(C)[Si](OC1C(=O)N(C(=O)OC(C)(C)C)C1c1ccccc1F)(C(C)C)C(C)C. The highest BCUT2D eigenvalue weighted by Gasteiger charge is 2.59. The lowest BCUT2D eigenvalue weighted by Crippen LogP contribution is -2.66. The fraction of sp³-hybridized carbons (Fsp3) is 0.652. The first-order valence-electron chi connectivity index (χ1n) is 10.7. The third-order valence-electron chi connectivity index (χ3n) is 5.90. The molecule has 0 radical (unpaired) electrons. The molecule has 1 aromatic carbocycles. The molecule has 30 heavy (non-hydrogen) atoms. The van der Waals surface area contributed by atoms with E-state index >= 15 is 0 Å². The van der Waals surface area contributed by atoms with Crippen molar-refractivity contribution in [3.05, 3.63) is 35.6 Å². The average molecular weight is 438 g/mol. The van der Waals surface area contributed by atoms with E-state index < -0.39 is 43.9 Å². The minimum atomic E-state index is -2.43. The molecule has 0 spiro atoms. The number of ether oxygens (including phenoxy) is 1. The number of halogens is 1. The van der Waals surface area contributed by atoms with Crippen molar-refractivity contribution in [3.8, 4) is 0 Å². The zero-order valence-electron chi connectivity index (χ0n) is 19.7. The summed E-state index contributed by atoms with van der Waals surface area (Å²) < 4.78 is 26.8. The van der Waals surface area contributed by atoms with Crippen molar-refractivity contribution in [1.82, 2.24) is 4.90 Å². The van der Waals surface area contributed by atoms with Gasteiger partial charge in [0.2, 0.25) is 8.32 Å². The van der Waals surface area contributed by atoms with Crippen molar-refractivity contribution in [2.24, 2.45) is 0 Å². The second-order valence-corrected chi connectivity index (χ2v) is 15.4. The zero-order valence-corrected chi connectivity index (χ0v) is 20.7. The molecule has 1 aliphatic rings. The fourth-order valence-corrected chi connectivity index (χ4v) is 10.2. The summed E-state index contributed by atoms with van der Waals surface area (Å²) in [6.45, 7) is 17.9. The normalized spacial score (nSPS) is 20.2. The Hall–Kier alpha value is -1.73. The van der Waals surface area contributed by atoms with Gasteiger partial charge in [0, 0.05) is 5.56 Å². The number of carbonyl (C=O) groups is 2. The number of rotatable bonds is 6. The number of hydrogen-bond acceptors (Lipinski definition) is 4. The smallest absolute Gasteiger partial charge is 0.417 e. The maximum Gasteiger partial charge on any atom is 0.417 e. The lowest BCUT2D eigenvalue weighted by Gasteiger charge is -2.52. The van der Waals surface area contributed by atoms with Gasteiger partial charge >= 0.3 is 6.09 Å². The molecule has 0 bridgehead atoms. The van der Waals surface area contributed by atoms with E-state index in [4.69, 9.17) is 9.16 Å². The third-order valence-corrected chi connectivity index (χ3v) is 12.0. The Bertz CT molecular complexity index is 766. The minimum absolute atomic E-state index is 0.252. The number of amides is 2. The number of likely N-dealkylation sites (tertiary alicyclic amines) is 1. The summed E-state index contributed by atoms with van der Waals surface area (Å²) in [5.74, 6) is -0.931. The van der Waals surface area contributed by atoms with Gasteiger partial charge in [-0.2, -0.15) is 0 Å². The lowest BCUT2D eigenvalue weighted by atomic mass is 9.91. The number of hydrogen-bond donors (Lipinski definition) is 0. The molecule has 0 aromatic heterocycles. The van der Waals surface area contributed by atoms with Gasteiger partial charge in [-0.15, -0.1) is 0 Å². The van der Waals surface area contributed by atoms with Crippen LogP contribution in [-0.4, -0.2) is 36.9 Å². The van der Waals surface area contributed by atoms with Gasteiger partial charge in [0.25, 0.3) is 5.91 Å². The van der Waals surface area contributed by atoms with Crippen LogP contribution in [0.2, 0.25) is 16.6 Å². The van der Waals surface area contributed by atoms with Crippen molar-refractivity contribution >= 4 is 20.3 Å². The van der Waals surface area contributed by atoms with Gasteiger partial charge in [0.15, 0.2) is 6.10 Å². The number of benzene rings is 1. The van der Waals surface area contributed by atoms with Gasteiger partial charge in [-0.3, -0.25) is 4.79 Å². The van der Waals surface area contributed by atoms with E-state index in [0.29, 0.717) is 0 Å². The van der Waals surface area contributed by atoms with Crippen molar-refractivity contribution in [2.75, 3.05) is 0 Å². The van der Waals surface area contributed by atoms with Crippen LogP contribution in [-0.2, 0) is 14.0 Å². The van der Waals surface area contributed by atoms with E-state index in [1.807, 2.05) is 0 Å². The van der Waals surface area contributed by atoms with Crippen molar-refractivity contribution < 1.29 is 23.1 Å². The second kappa shape index (κ2) is 8.79. The topological polar surface area (TPSA) is 55.8 Å². The Kier molecular flexibility index (Phi) is 7.19. The molecule has 7 heteroatoms. The van der Waals surface area contributed by atoms with Crippen LogP contribution in [0.1, 0.15) is 73.9 Å². The predicted octanol–water partition coefficient (Wildman–Crippen LogP) is 6.20. The molecule has 1 aliphatic heterocycles. The van der Waals surface area contributed by atoms with Gasteiger partial charge in [0.1, 0.15) is 17.5 Å². The molecule has 2 unspecified atom stereocenters. The van der Waals surface area contributed by atoms with E-state index in [0.717, 1.165) is 4.90 Å². The van der Waals surface area contributed by atoms with E-state index in [1.165, 1.54) is 6.07 Å². The molecule has 1 heterocycles. The number of carbonyl (C=O) groups excluding carboxylic acids is 2. The zero-order chi connectivity index (χ0) is 23.0. The Balaban J connectivity index is 2.49. The molecule has 0 N–H and O–H groups in total. The third kappa shape index (κ3) is 4.47. The van der Waals surface area contributed by atoms with Crippen LogP contribution in [0, 0.1) is 5.82 Å². The van der Waals surface area contributed by atoms with Gasteiger partial charge in [-0.05, 0) is 43.5 Å². The Morgan fingerprint density at radius 3 is 1.97 bits per heavy atom. The molecule has 2 amide bonds.